The predicted octanol–water partition coefficient (Wildman–Crippen LogP) is 4.10. The van der Waals surface area contributed by atoms with Crippen LogP contribution >= 0.6 is 0 Å². The fourth-order valence-electron chi connectivity index (χ4n) is 3.67. The van der Waals surface area contributed by atoms with Crippen molar-refractivity contribution in [1.29, 1.82) is 0 Å². The Labute approximate surface area is 166 Å². The molecule has 1 aliphatic heterocycles. The first kappa shape index (κ1) is 18.7. The maximum absolute atomic E-state index is 5.71. The number of rotatable bonds is 8. The van der Waals surface area contributed by atoms with E-state index in [1.807, 2.05) is 31.2 Å². The van der Waals surface area contributed by atoms with Gasteiger partial charge in [0.2, 0.25) is 5.89 Å². The molecule has 0 saturated carbocycles. The third-order valence-electron chi connectivity index (χ3n) is 5.06. The van der Waals surface area contributed by atoms with Crippen LogP contribution in [0.5, 0.6) is 5.75 Å². The van der Waals surface area contributed by atoms with Crippen molar-refractivity contribution < 1.29 is 9.15 Å². The summed E-state index contributed by atoms with van der Waals surface area (Å²) < 4.78 is 11.4. The van der Waals surface area contributed by atoms with Gasteiger partial charge >= 0.3 is 0 Å². The highest BCUT2D eigenvalue weighted by atomic mass is 16.5. The van der Waals surface area contributed by atoms with Crippen LogP contribution in [0, 0.1) is 0 Å². The smallest absolute Gasteiger partial charge is 0.229 e. The first-order chi connectivity index (χ1) is 13.8. The van der Waals surface area contributed by atoms with Crippen molar-refractivity contribution in [2.45, 2.75) is 32.5 Å². The van der Waals surface area contributed by atoms with Crippen LogP contribution in [-0.4, -0.2) is 35.6 Å². The minimum absolute atomic E-state index is 0.486. The molecular weight excluding hydrogens is 350 g/mol. The Balaban J connectivity index is 1.31. The maximum Gasteiger partial charge on any atom is 0.229 e. The fraction of sp³-hybridized carbons (Fsp3) is 0.348. The van der Waals surface area contributed by atoms with Crippen molar-refractivity contribution in [3.8, 4) is 17.2 Å². The number of aromatic nitrogens is 1. The quantitative estimate of drug-likeness (QED) is 0.640. The summed E-state index contributed by atoms with van der Waals surface area (Å²) in [5.41, 5.74) is 3.19. The van der Waals surface area contributed by atoms with Gasteiger partial charge < -0.3 is 14.5 Å². The van der Waals surface area contributed by atoms with E-state index in [0.717, 1.165) is 43.1 Å². The molecule has 2 heterocycles. The van der Waals surface area contributed by atoms with Crippen LogP contribution in [0.4, 0.5) is 0 Å². The van der Waals surface area contributed by atoms with E-state index < -0.39 is 0 Å². The Morgan fingerprint density at radius 1 is 1.14 bits per heavy atom. The van der Waals surface area contributed by atoms with Gasteiger partial charge in [-0.3, -0.25) is 4.90 Å². The van der Waals surface area contributed by atoms with Gasteiger partial charge in [0.25, 0.3) is 0 Å². The third kappa shape index (κ3) is 4.61. The number of hydrogen-bond acceptors (Lipinski definition) is 5. The van der Waals surface area contributed by atoms with Gasteiger partial charge in [-0.2, -0.15) is 0 Å². The highest BCUT2D eigenvalue weighted by molar-refractivity contribution is 5.62. The van der Waals surface area contributed by atoms with E-state index in [4.69, 9.17) is 9.15 Å². The average Bonchev–Trinajstić information content (AvgIpc) is 3.37. The number of ether oxygens (including phenoxy) is 1. The highest BCUT2D eigenvalue weighted by Gasteiger charge is 2.22. The number of likely N-dealkylation sites (tertiary alicyclic amines) is 1. The van der Waals surface area contributed by atoms with E-state index in [9.17, 15) is 0 Å². The lowest BCUT2D eigenvalue weighted by molar-refractivity contribution is 0.319. The molecule has 146 valence electrons. The normalized spacial score (nSPS) is 17.1. The Kier molecular flexibility index (Phi) is 6.04. The molecule has 1 aromatic heterocycles. The van der Waals surface area contributed by atoms with E-state index in [-0.39, 0.29) is 0 Å². The zero-order valence-corrected chi connectivity index (χ0v) is 16.3. The Morgan fingerprint density at radius 2 is 1.96 bits per heavy atom. The molecule has 2 aromatic carbocycles. The second-order valence-corrected chi connectivity index (χ2v) is 7.16. The van der Waals surface area contributed by atoms with Crippen LogP contribution in [0.15, 0.2) is 65.3 Å². The molecule has 1 N–H and O–H groups in total. The number of oxazole rings is 1. The van der Waals surface area contributed by atoms with Gasteiger partial charge in [-0.15, -0.1) is 0 Å². The van der Waals surface area contributed by atoms with Crippen LogP contribution in [0.3, 0.4) is 0 Å². The van der Waals surface area contributed by atoms with E-state index in [1.165, 1.54) is 5.56 Å². The summed E-state index contributed by atoms with van der Waals surface area (Å²) in [6.45, 7) is 6.51. The molecule has 0 spiro atoms. The molecule has 28 heavy (non-hydrogen) atoms. The zero-order chi connectivity index (χ0) is 19.2. The lowest BCUT2D eigenvalue weighted by Gasteiger charge is -2.16. The summed E-state index contributed by atoms with van der Waals surface area (Å²) in [6, 6.07) is 19.0. The molecule has 0 amide bonds. The van der Waals surface area contributed by atoms with Crippen molar-refractivity contribution in [1.82, 2.24) is 15.2 Å². The van der Waals surface area contributed by atoms with Gasteiger partial charge in [-0.1, -0.05) is 42.5 Å². The van der Waals surface area contributed by atoms with Crippen molar-refractivity contribution in [3.05, 3.63) is 72.1 Å². The number of para-hydroxylation sites is 1. The standard InChI is InChI=1S/C23H27N3O2/c1-2-27-22-11-7-6-10-21(22)23-25-20(17-28-23)14-24-19-12-13-26(16-19)15-18-8-4-3-5-9-18/h3-11,17,19,24H,2,12-16H2,1H3. The zero-order valence-electron chi connectivity index (χ0n) is 16.3. The van der Waals surface area contributed by atoms with Crippen LogP contribution in [0.1, 0.15) is 24.6 Å². The van der Waals surface area contributed by atoms with Gasteiger partial charge in [-0.05, 0) is 31.0 Å². The molecule has 5 heteroatoms. The van der Waals surface area contributed by atoms with Gasteiger partial charge in [0.15, 0.2) is 0 Å². The van der Waals surface area contributed by atoms with Gasteiger partial charge in [0.05, 0.1) is 17.9 Å². The van der Waals surface area contributed by atoms with Crippen LogP contribution in [0.25, 0.3) is 11.5 Å². The summed E-state index contributed by atoms with van der Waals surface area (Å²) in [5.74, 6) is 1.41. The lowest BCUT2D eigenvalue weighted by atomic mass is 10.2. The molecule has 1 aliphatic rings. The summed E-state index contributed by atoms with van der Waals surface area (Å²) in [4.78, 5) is 7.15. The molecule has 1 atom stereocenters. The second-order valence-electron chi connectivity index (χ2n) is 7.16. The summed E-state index contributed by atoms with van der Waals surface area (Å²) in [6.07, 6.45) is 2.90. The molecule has 4 rings (SSSR count). The van der Waals surface area contributed by atoms with E-state index in [0.29, 0.717) is 25.1 Å². The third-order valence-corrected chi connectivity index (χ3v) is 5.06. The summed E-state index contributed by atoms with van der Waals surface area (Å²) in [7, 11) is 0. The van der Waals surface area contributed by atoms with Gasteiger partial charge in [0, 0.05) is 32.2 Å². The first-order valence-corrected chi connectivity index (χ1v) is 9.98. The van der Waals surface area contributed by atoms with Crippen LogP contribution in [-0.2, 0) is 13.1 Å². The van der Waals surface area contributed by atoms with Crippen LogP contribution < -0.4 is 10.1 Å². The predicted molar refractivity (Wildman–Crippen MR) is 110 cm³/mol. The molecule has 1 unspecified atom stereocenters. The topological polar surface area (TPSA) is 50.5 Å². The fourth-order valence-corrected chi connectivity index (χ4v) is 3.67. The molecule has 1 fully saturated rings. The van der Waals surface area contributed by atoms with Gasteiger partial charge in [-0.25, -0.2) is 4.98 Å². The Morgan fingerprint density at radius 3 is 2.82 bits per heavy atom. The number of nitrogens with one attached hydrogen (secondary N) is 1. The molecule has 3 aromatic rings. The minimum Gasteiger partial charge on any atom is -0.493 e. The van der Waals surface area contributed by atoms with E-state index in [2.05, 4.69) is 45.5 Å². The summed E-state index contributed by atoms with van der Waals surface area (Å²) in [5, 5.41) is 3.62. The van der Waals surface area contributed by atoms with Gasteiger partial charge in [0.1, 0.15) is 12.0 Å². The molecule has 0 bridgehead atoms. The maximum atomic E-state index is 5.71. The Hall–Kier alpha value is -2.63. The van der Waals surface area contributed by atoms with Crippen molar-refractivity contribution in [3.63, 3.8) is 0 Å². The lowest BCUT2D eigenvalue weighted by Crippen LogP contribution is -2.32. The minimum atomic E-state index is 0.486. The largest absolute Gasteiger partial charge is 0.493 e. The van der Waals surface area contributed by atoms with Crippen molar-refractivity contribution in [2.75, 3.05) is 19.7 Å². The van der Waals surface area contributed by atoms with E-state index in [1.54, 1.807) is 6.26 Å². The van der Waals surface area contributed by atoms with Crippen LogP contribution in [0.2, 0.25) is 0 Å². The van der Waals surface area contributed by atoms with Crippen molar-refractivity contribution in [2.24, 2.45) is 0 Å². The summed E-state index contributed by atoms with van der Waals surface area (Å²) >= 11 is 0. The number of benzene rings is 2. The number of hydrogen-bond donors (Lipinski definition) is 1. The van der Waals surface area contributed by atoms with Crippen molar-refractivity contribution >= 4 is 0 Å². The number of nitrogens with zero attached hydrogens (tertiary/aromatic N) is 2. The SMILES string of the molecule is CCOc1ccccc1-c1nc(CNC2CCN(Cc3ccccc3)C2)co1. The second kappa shape index (κ2) is 9.04. The molecule has 5 nitrogen and oxygen atoms in total. The van der Waals surface area contributed by atoms with E-state index >= 15 is 0 Å². The molecule has 0 radical (unpaired) electrons. The molecule has 0 aliphatic carbocycles. The molecular formula is C23H27N3O2. The first-order valence-electron chi connectivity index (χ1n) is 9.98. The highest BCUT2D eigenvalue weighted by Crippen LogP contribution is 2.29. The Bertz CT molecular complexity index is 878. The molecule has 1 saturated heterocycles. The average molecular weight is 377 g/mol. The monoisotopic (exact) mass is 377 g/mol.